The van der Waals surface area contributed by atoms with E-state index in [1.54, 1.807) is 11.8 Å². The number of aryl methyl sites for hydroxylation is 2. The highest BCUT2D eigenvalue weighted by atomic mass is 32.2. The lowest BCUT2D eigenvalue weighted by Crippen LogP contribution is -1.99. The Balaban J connectivity index is 1.78. The van der Waals surface area contributed by atoms with Crippen LogP contribution in [0.15, 0.2) is 29.3 Å². The Hall–Kier alpha value is -1.42. The van der Waals surface area contributed by atoms with E-state index in [-0.39, 0.29) is 5.82 Å². The van der Waals surface area contributed by atoms with Gasteiger partial charge in [-0.1, -0.05) is 12.1 Å². The van der Waals surface area contributed by atoms with Crippen molar-refractivity contribution in [2.75, 3.05) is 0 Å². The van der Waals surface area contributed by atoms with Crippen molar-refractivity contribution in [1.82, 2.24) is 9.97 Å². The van der Waals surface area contributed by atoms with E-state index in [1.807, 2.05) is 19.1 Å². The normalized spacial score (nSPS) is 13.6. The predicted octanol–water partition coefficient (Wildman–Crippen LogP) is 3.71. The van der Waals surface area contributed by atoms with Crippen molar-refractivity contribution in [2.24, 2.45) is 0 Å². The molecule has 1 heterocycles. The molecule has 0 aliphatic heterocycles. The number of rotatable bonds is 3. The van der Waals surface area contributed by atoms with Crippen molar-refractivity contribution in [3.05, 3.63) is 52.7 Å². The minimum Gasteiger partial charge on any atom is -0.238 e. The molecule has 0 N–H and O–H groups in total. The molecule has 0 spiro atoms. The molecule has 1 aromatic carbocycles. The van der Waals surface area contributed by atoms with Crippen molar-refractivity contribution in [1.29, 1.82) is 0 Å². The van der Waals surface area contributed by atoms with Crippen molar-refractivity contribution < 1.29 is 4.39 Å². The van der Waals surface area contributed by atoms with Crippen LogP contribution < -0.4 is 0 Å². The topological polar surface area (TPSA) is 25.8 Å². The molecule has 3 rings (SSSR count). The molecule has 0 saturated carbocycles. The van der Waals surface area contributed by atoms with Gasteiger partial charge in [-0.05, 0) is 43.9 Å². The van der Waals surface area contributed by atoms with Crippen LogP contribution >= 0.6 is 11.8 Å². The molecule has 0 amide bonds. The maximum atomic E-state index is 12.9. The highest BCUT2D eigenvalue weighted by Crippen LogP contribution is 2.31. The van der Waals surface area contributed by atoms with Gasteiger partial charge < -0.3 is 0 Å². The molecule has 1 aromatic heterocycles. The van der Waals surface area contributed by atoms with Gasteiger partial charge in [0.1, 0.15) is 16.7 Å². The monoisotopic (exact) mass is 274 g/mol. The number of benzene rings is 1. The lowest BCUT2D eigenvalue weighted by molar-refractivity contribution is 0.627. The lowest BCUT2D eigenvalue weighted by Gasteiger charge is -2.08. The van der Waals surface area contributed by atoms with E-state index in [2.05, 4.69) is 9.97 Å². The Morgan fingerprint density at radius 1 is 1.16 bits per heavy atom. The van der Waals surface area contributed by atoms with Crippen LogP contribution in [0.25, 0.3) is 0 Å². The molecule has 19 heavy (non-hydrogen) atoms. The van der Waals surface area contributed by atoms with Gasteiger partial charge in [0.25, 0.3) is 0 Å². The summed E-state index contributed by atoms with van der Waals surface area (Å²) in [4.78, 5) is 9.06. The summed E-state index contributed by atoms with van der Waals surface area (Å²) in [5.41, 5.74) is 3.65. The van der Waals surface area contributed by atoms with Crippen molar-refractivity contribution >= 4 is 11.8 Å². The largest absolute Gasteiger partial charge is 0.238 e. The van der Waals surface area contributed by atoms with Gasteiger partial charge in [0.2, 0.25) is 0 Å². The Morgan fingerprint density at radius 2 is 1.95 bits per heavy atom. The number of hydrogen-bond acceptors (Lipinski definition) is 3. The zero-order valence-corrected chi connectivity index (χ0v) is 11.6. The molecular formula is C15H15FN2S. The first-order valence-corrected chi connectivity index (χ1v) is 7.44. The van der Waals surface area contributed by atoms with E-state index < -0.39 is 0 Å². The van der Waals surface area contributed by atoms with Crippen molar-refractivity contribution in [3.8, 4) is 0 Å². The second-order valence-electron chi connectivity index (χ2n) is 4.77. The molecule has 4 heteroatoms. The van der Waals surface area contributed by atoms with Gasteiger partial charge in [0, 0.05) is 17.0 Å². The zero-order chi connectivity index (χ0) is 13.2. The second kappa shape index (κ2) is 5.29. The standard InChI is InChI=1S/C15H15FN2S/c1-10-17-14-4-2-3-13(14)15(18-10)19-9-11-5-7-12(16)8-6-11/h5-8H,2-4,9H2,1H3. The van der Waals surface area contributed by atoms with Gasteiger partial charge in [0.05, 0.1) is 0 Å². The highest BCUT2D eigenvalue weighted by Gasteiger charge is 2.18. The number of aromatic nitrogens is 2. The van der Waals surface area contributed by atoms with Crippen LogP contribution in [-0.2, 0) is 18.6 Å². The van der Waals surface area contributed by atoms with Crippen LogP contribution in [0.2, 0.25) is 0 Å². The summed E-state index contributed by atoms with van der Waals surface area (Å²) in [5, 5.41) is 1.10. The zero-order valence-electron chi connectivity index (χ0n) is 10.8. The number of thioether (sulfide) groups is 1. The molecule has 0 saturated heterocycles. The van der Waals surface area contributed by atoms with Crippen molar-refractivity contribution in [3.63, 3.8) is 0 Å². The third-order valence-corrected chi connectivity index (χ3v) is 4.38. The van der Waals surface area contributed by atoms with Crippen LogP contribution in [0, 0.1) is 12.7 Å². The van der Waals surface area contributed by atoms with E-state index in [0.717, 1.165) is 35.0 Å². The number of halogens is 1. The minimum absolute atomic E-state index is 0.187. The van der Waals surface area contributed by atoms with Gasteiger partial charge >= 0.3 is 0 Å². The third-order valence-electron chi connectivity index (χ3n) is 3.30. The van der Waals surface area contributed by atoms with E-state index >= 15 is 0 Å². The van der Waals surface area contributed by atoms with Crippen LogP contribution in [-0.4, -0.2) is 9.97 Å². The predicted molar refractivity (Wildman–Crippen MR) is 74.8 cm³/mol. The van der Waals surface area contributed by atoms with Crippen molar-refractivity contribution in [2.45, 2.75) is 37.0 Å². The lowest BCUT2D eigenvalue weighted by atomic mass is 10.2. The Kier molecular flexibility index (Phi) is 3.51. The van der Waals surface area contributed by atoms with Crippen LogP contribution in [0.4, 0.5) is 4.39 Å². The first kappa shape index (κ1) is 12.6. The smallest absolute Gasteiger partial charge is 0.126 e. The number of nitrogens with zero attached hydrogens (tertiary/aromatic N) is 2. The summed E-state index contributed by atoms with van der Waals surface area (Å²) < 4.78 is 12.9. The molecule has 0 atom stereocenters. The van der Waals surface area contributed by atoms with Gasteiger partial charge in [-0.25, -0.2) is 14.4 Å². The summed E-state index contributed by atoms with van der Waals surface area (Å²) in [6.45, 7) is 1.94. The fourth-order valence-electron chi connectivity index (χ4n) is 2.37. The van der Waals surface area contributed by atoms with E-state index in [9.17, 15) is 4.39 Å². The second-order valence-corrected chi connectivity index (χ2v) is 5.73. The summed E-state index contributed by atoms with van der Waals surface area (Å²) >= 11 is 1.73. The van der Waals surface area contributed by atoms with Crippen LogP contribution in [0.3, 0.4) is 0 Å². The highest BCUT2D eigenvalue weighted by molar-refractivity contribution is 7.98. The van der Waals surface area contributed by atoms with Gasteiger partial charge in [-0.3, -0.25) is 0 Å². The SMILES string of the molecule is Cc1nc2c(c(SCc3ccc(F)cc3)n1)CCC2. The number of hydrogen-bond donors (Lipinski definition) is 0. The Bertz CT molecular complexity index is 596. The first-order valence-electron chi connectivity index (χ1n) is 6.46. The maximum absolute atomic E-state index is 12.9. The fourth-order valence-corrected chi connectivity index (χ4v) is 3.45. The molecule has 98 valence electrons. The van der Waals surface area contributed by atoms with Crippen LogP contribution in [0.1, 0.15) is 29.1 Å². The van der Waals surface area contributed by atoms with Gasteiger partial charge in [-0.15, -0.1) is 11.8 Å². The quantitative estimate of drug-likeness (QED) is 0.630. The average molecular weight is 274 g/mol. The molecule has 1 aliphatic rings. The van der Waals surface area contributed by atoms with Gasteiger partial charge in [0.15, 0.2) is 0 Å². The molecule has 0 fully saturated rings. The van der Waals surface area contributed by atoms with Gasteiger partial charge in [-0.2, -0.15) is 0 Å². The molecule has 0 unspecified atom stereocenters. The van der Waals surface area contributed by atoms with E-state index in [4.69, 9.17) is 0 Å². The summed E-state index contributed by atoms with van der Waals surface area (Å²) in [5.74, 6) is 1.48. The fraction of sp³-hybridized carbons (Fsp3) is 0.333. The minimum atomic E-state index is -0.187. The molecule has 0 bridgehead atoms. The molecular weight excluding hydrogens is 259 g/mol. The average Bonchev–Trinajstić information content (AvgIpc) is 2.85. The van der Waals surface area contributed by atoms with E-state index in [0.29, 0.717) is 0 Å². The summed E-state index contributed by atoms with van der Waals surface area (Å²) in [7, 11) is 0. The Morgan fingerprint density at radius 3 is 2.74 bits per heavy atom. The Labute approximate surface area is 116 Å². The molecule has 1 aliphatic carbocycles. The van der Waals surface area contributed by atoms with Crippen LogP contribution in [0.5, 0.6) is 0 Å². The summed E-state index contributed by atoms with van der Waals surface area (Å²) in [6.07, 6.45) is 3.34. The molecule has 2 aromatic rings. The summed E-state index contributed by atoms with van der Waals surface area (Å²) in [6, 6.07) is 6.67. The molecule has 2 nitrogen and oxygen atoms in total. The van der Waals surface area contributed by atoms with E-state index in [1.165, 1.54) is 29.8 Å². The third kappa shape index (κ3) is 2.78. The molecule has 0 radical (unpaired) electrons. The first-order chi connectivity index (χ1) is 9.22. The maximum Gasteiger partial charge on any atom is 0.126 e. The number of fused-ring (bicyclic) bond motifs is 1.